The predicted octanol–water partition coefficient (Wildman–Crippen LogP) is 4.72. The van der Waals surface area contributed by atoms with Crippen molar-refractivity contribution in [1.82, 2.24) is 5.32 Å². The summed E-state index contributed by atoms with van der Waals surface area (Å²) in [5, 5.41) is 6.45. The molecule has 1 atom stereocenters. The highest BCUT2D eigenvalue weighted by atomic mass is 35.5. The molecule has 1 heterocycles. The average Bonchev–Trinajstić information content (AvgIpc) is 2.85. The van der Waals surface area contributed by atoms with Gasteiger partial charge in [-0.25, -0.2) is 0 Å². The van der Waals surface area contributed by atoms with E-state index in [4.69, 9.17) is 11.6 Å². The Kier molecular flexibility index (Phi) is 6.72. The van der Waals surface area contributed by atoms with Crippen molar-refractivity contribution < 1.29 is 0 Å². The molecule has 0 aliphatic rings. The Morgan fingerprint density at radius 2 is 1.94 bits per heavy atom. The minimum atomic E-state index is 0. The molecule has 0 saturated carbocycles. The van der Waals surface area contributed by atoms with E-state index in [1.54, 1.807) is 11.3 Å². The maximum absolute atomic E-state index is 5.90. The van der Waals surface area contributed by atoms with Crippen LogP contribution in [0.2, 0.25) is 5.02 Å². The molecule has 0 aliphatic carbocycles. The fraction of sp³-hybridized carbons (Fsp3) is 0.286. The molecule has 98 valence electrons. The van der Waals surface area contributed by atoms with Crippen LogP contribution in [0, 0.1) is 0 Å². The molecule has 1 aromatic heterocycles. The second-order valence-electron chi connectivity index (χ2n) is 3.96. The van der Waals surface area contributed by atoms with E-state index < -0.39 is 0 Å². The van der Waals surface area contributed by atoms with E-state index in [2.05, 4.69) is 41.9 Å². The number of benzene rings is 1. The molecule has 1 aromatic carbocycles. The van der Waals surface area contributed by atoms with Crippen molar-refractivity contribution in [2.75, 3.05) is 6.54 Å². The molecule has 0 bridgehead atoms. The first-order valence-electron chi connectivity index (χ1n) is 5.81. The van der Waals surface area contributed by atoms with E-state index in [9.17, 15) is 0 Å². The summed E-state index contributed by atoms with van der Waals surface area (Å²) in [5.74, 6) is 0. The molecule has 1 nitrogen and oxygen atoms in total. The molecular formula is C14H17Cl2NS. The zero-order chi connectivity index (χ0) is 12.1. The SMILES string of the molecule is CCNC(Cc1ccc(Cl)cc1)c1cccs1.Cl. The number of nitrogens with one attached hydrogen (secondary N) is 1. The van der Waals surface area contributed by atoms with Gasteiger partial charge in [-0.1, -0.05) is 36.7 Å². The Morgan fingerprint density at radius 3 is 2.50 bits per heavy atom. The van der Waals surface area contributed by atoms with Crippen LogP contribution in [0.3, 0.4) is 0 Å². The first-order valence-corrected chi connectivity index (χ1v) is 7.06. The molecule has 2 aromatic rings. The molecule has 18 heavy (non-hydrogen) atoms. The van der Waals surface area contributed by atoms with Crippen molar-refractivity contribution >= 4 is 35.3 Å². The van der Waals surface area contributed by atoms with Gasteiger partial charge in [-0.15, -0.1) is 23.7 Å². The minimum Gasteiger partial charge on any atom is -0.309 e. The van der Waals surface area contributed by atoms with Gasteiger partial charge in [-0.3, -0.25) is 0 Å². The fourth-order valence-electron chi connectivity index (χ4n) is 1.87. The number of halogens is 2. The van der Waals surface area contributed by atoms with E-state index in [0.29, 0.717) is 6.04 Å². The van der Waals surface area contributed by atoms with Gasteiger partial charge in [0.25, 0.3) is 0 Å². The highest BCUT2D eigenvalue weighted by molar-refractivity contribution is 7.10. The molecule has 0 amide bonds. The summed E-state index contributed by atoms with van der Waals surface area (Å²) < 4.78 is 0. The number of thiophene rings is 1. The van der Waals surface area contributed by atoms with Gasteiger partial charge in [0.15, 0.2) is 0 Å². The molecule has 0 fully saturated rings. The minimum absolute atomic E-state index is 0. The molecule has 0 aliphatic heterocycles. The van der Waals surface area contributed by atoms with Gasteiger partial charge < -0.3 is 5.32 Å². The molecule has 1 N–H and O–H groups in total. The first kappa shape index (κ1) is 15.5. The normalized spacial score (nSPS) is 11.9. The van der Waals surface area contributed by atoms with Crippen LogP contribution in [0.25, 0.3) is 0 Å². The van der Waals surface area contributed by atoms with Crippen molar-refractivity contribution in [2.24, 2.45) is 0 Å². The van der Waals surface area contributed by atoms with E-state index in [1.807, 2.05) is 12.1 Å². The molecule has 0 radical (unpaired) electrons. The van der Waals surface area contributed by atoms with Crippen LogP contribution in [0.4, 0.5) is 0 Å². The lowest BCUT2D eigenvalue weighted by atomic mass is 10.0. The lowest BCUT2D eigenvalue weighted by Crippen LogP contribution is -2.22. The second kappa shape index (κ2) is 7.80. The van der Waals surface area contributed by atoms with Gasteiger partial charge in [0.05, 0.1) is 0 Å². The van der Waals surface area contributed by atoms with Crippen molar-refractivity contribution in [3.63, 3.8) is 0 Å². The zero-order valence-electron chi connectivity index (χ0n) is 10.2. The average molecular weight is 302 g/mol. The third kappa shape index (κ3) is 4.29. The Labute approximate surface area is 124 Å². The third-order valence-electron chi connectivity index (χ3n) is 2.69. The summed E-state index contributed by atoms with van der Waals surface area (Å²) in [4.78, 5) is 1.39. The van der Waals surface area contributed by atoms with E-state index in [0.717, 1.165) is 18.0 Å². The first-order chi connectivity index (χ1) is 8.29. The highest BCUT2D eigenvalue weighted by Gasteiger charge is 2.11. The topological polar surface area (TPSA) is 12.0 Å². The van der Waals surface area contributed by atoms with Gasteiger partial charge >= 0.3 is 0 Å². The zero-order valence-corrected chi connectivity index (χ0v) is 12.6. The van der Waals surface area contributed by atoms with E-state index in [-0.39, 0.29) is 12.4 Å². The second-order valence-corrected chi connectivity index (χ2v) is 5.37. The summed E-state index contributed by atoms with van der Waals surface area (Å²) in [7, 11) is 0. The number of hydrogen-bond donors (Lipinski definition) is 1. The van der Waals surface area contributed by atoms with Crippen molar-refractivity contribution in [1.29, 1.82) is 0 Å². The van der Waals surface area contributed by atoms with E-state index >= 15 is 0 Å². The fourth-order valence-corrected chi connectivity index (χ4v) is 2.79. The number of hydrogen-bond acceptors (Lipinski definition) is 2. The Morgan fingerprint density at radius 1 is 1.22 bits per heavy atom. The maximum atomic E-state index is 5.90. The lowest BCUT2D eigenvalue weighted by molar-refractivity contribution is 0.558. The van der Waals surface area contributed by atoms with Crippen LogP contribution in [0.1, 0.15) is 23.4 Å². The largest absolute Gasteiger partial charge is 0.309 e. The van der Waals surface area contributed by atoms with Crippen molar-refractivity contribution in [3.8, 4) is 0 Å². The smallest absolute Gasteiger partial charge is 0.0455 e. The van der Waals surface area contributed by atoms with Crippen LogP contribution >= 0.6 is 35.3 Å². The van der Waals surface area contributed by atoms with Crippen molar-refractivity contribution in [2.45, 2.75) is 19.4 Å². The van der Waals surface area contributed by atoms with E-state index in [1.165, 1.54) is 10.4 Å². The highest BCUT2D eigenvalue weighted by Crippen LogP contribution is 2.23. The van der Waals surface area contributed by atoms with Gasteiger partial charge in [0.1, 0.15) is 0 Å². The van der Waals surface area contributed by atoms with Crippen LogP contribution in [0.15, 0.2) is 41.8 Å². The Hall–Kier alpha value is -0.540. The summed E-state index contributed by atoms with van der Waals surface area (Å²) in [6.07, 6.45) is 1.01. The Balaban J connectivity index is 0.00000162. The van der Waals surface area contributed by atoms with Crippen LogP contribution in [-0.2, 0) is 6.42 Å². The maximum Gasteiger partial charge on any atom is 0.0455 e. The molecule has 1 unspecified atom stereocenters. The molecule has 0 spiro atoms. The number of likely N-dealkylation sites (N-methyl/N-ethyl adjacent to an activating group) is 1. The van der Waals surface area contributed by atoms with Crippen LogP contribution in [0.5, 0.6) is 0 Å². The molecular weight excluding hydrogens is 285 g/mol. The lowest BCUT2D eigenvalue weighted by Gasteiger charge is -2.16. The van der Waals surface area contributed by atoms with Crippen LogP contribution < -0.4 is 5.32 Å². The summed E-state index contributed by atoms with van der Waals surface area (Å²) in [6, 6.07) is 12.8. The number of rotatable bonds is 5. The van der Waals surface area contributed by atoms with Gasteiger partial charge in [-0.05, 0) is 42.1 Å². The van der Waals surface area contributed by atoms with Gasteiger partial charge in [-0.2, -0.15) is 0 Å². The summed E-state index contributed by atoms with van der Waals surface area (Å²) in [5.41, 5.74) is 1.31. The Bertz CT molecular complexity index is 439. The van der Waals surface area contributed by atoms with Crippen LogP contribution in [-0.4, -0.2) is 6.54 Å². The monoisotopic (exact) mass is 301 g/mol. The quantitative estimate of drug-likeness (QED) is 0.843. The molecule has 4 heteroatoms. The standard InChI is InChI=1S/C14H16ClNS.ClH/c1-2-16-13(14-4-3-9-17-14)10-11-5-7-12(15)8-6-11;/h3-9,13,16H,2,10H2,1H3;1H. The molecule has 2 rings (SSSR count). The predicted molar refractivity (Wildman–Crippen MR) is 83.1 cm³/mol. The van der Waals surface area contributed by atoms with Crippen molar-refractivity contribution in [3.05, 3.63) is 57.2 Å². The van der Waals surface area contributed by atoms with Gasteiger partial charge in [0.2, 0.25) is 0 Å². The molecule has 0 saturated heterocycles. The summed E-state index contributed by atoms with van der Waals surface area (Å²) >= 11 is 7.70. The summed E-state index contributed by atoms with van der Waals surface area (Å²) in [6.45, 7) is 3.12. The third-order valence-corrected chi connectivity index (χ3v) is 3.93. The van der Waals surface area contributed by atoms with Gasteiger partial charge in [0, 0.05) is 15.9 Å².